The third-order valence-corrected chi connectivity index (χ3v) is 4.05. The monoisotopic (exact) mass is 233 g/mol. The minimum absolute atomic E-state index is 0.236. The van der Waals surface area contributed by atoms with Gasteiger partial charge in [0, 0.05) is 29.8 Å². The number of aryl methyl sites for hydroxylation is 2. The fourth-order valence-electron chi connectivity index (χ4n) is 3.32. The summed E-state index contributed by atoms with van der Waals surface area (Å²) in [6, 6.07) is 4.01. The van der Waals surface area contributed by atoms with Crippen molar-refractivity contribution >= 4 is 0 Å². The number of aliphatic hydroxyl groups is 1. The van der Waals surface area contributed by atoms with Gasteiger partial charge in [0.25, 0.3) is 0 Å². The van der Waals surface area contributed by atoms with Crippen LogP contribution in [0.5, 0.6) is 0 Å². The van der Waals surface area contributed by atoms with Gasteiger partial charge in [-0.25, -0.2) is 0 Å². The van der Waals surface area contributed by atoms with Crippen molar-refractivity contribution in [2.45, 2.75) is 57.3 Å². The van der Waals surface area contributed by atoms with Crippen LogP contribution in [0.25, 0.3) is 0 Å². The largest absolute Gasteiger partial charge is 0.385 e. The van der Waals surface area contributed by atoms with Crippen LogP contribution in [-0.2, 0) is 10.3 Å². The molecular weight excluding hydrogens is 214 g/mol. The van der Waals surface area contributed by atoms with Gasteiger partial charge in [-0.2, -0.15) is 0 Å². The molecule has 17 heavy (non-hydrogen) atoms. The van der Waals surface area contributed by atoms with Crippen LogP contribution in [-0.4, -0.2) is 22.3 Å². The van der Waals surface area contributed by atoms with Crippen molar-refractivity contribution in [2.24, 2.45) is 0 Å². The van der Waals surface area contributed by atoms with Crippen molar-refractivity contribution in [1.29, 1.82) is 0 Å². The minimum Gasteiger partial charge on any atom is -0.385 e. The van der Waals surface area contributed by atoms with E-state index in [1.807, 2.05) is 26.0 Å². The topological polar surface area (TPSA) is 42.4 Å². The van der Waals surface area contributed by atoms with Gasteiger partial charge in [-0.3, -0.25) is 4.98 Å². The van der Waals surface area contributed by atoms with E-state index in [4.69, 9.17) is 4.74 Å². The third-order valence-electron chi connectivity index (χ3n) is 4.05. The van der Waals surface area contributed by atoms with Crippen molar-refractivity contribution in [3.8, 4) is 0 Å². The molecule has 1 aromatic heterocycles. The van der Waals surface area contributed by atoms with Gasteiger partial charge in [-0.1, -0.05) is 6.07 Å². The van der Waals surface area contributed by atoms with Crippen molar-refractivity contribution in [3.63, 3.8) is 0 Å². The second-order valence-electron chi connectivity index (χ2n) is 5.48. The van der Waals surface area contributed by atoms with Gasteiger partial charge in [0.2, 0.25) is 0 Å². The van der Waals surface area contributed by atoms with E-state index in [0.717, 1.165) is 42.6 Å². The first-order valence-corrected chi connectivity index (χ1v) is 6.39. The molecule has 0 spiro atoms. The van der Waals surface area contributed by atoms with Gasteiger partial charge in [0.15, 0.2) is 0 Å². The van der Waals surface area contributed by atoms with Crippen LogP contribution >= 0.6 is 0 Å². The Morgan fingerprint density at radius 2 is 1.88 bits per heavy atom. The van der Waals surface area contributed by atoms with Gasteiger partial charge in [0.1, 0.15) is 0 Å². The maximum Gasteiger partial charge on any atom is 0.0963 e. The Kier molecular flexibility index (Phi) is 2.49. The molecule has 3 heterocycles. The Morgan fingerprint density at radius 1 is 1.24 bits per heavy atom. The number of pyridine rings is 1. The number of ether oxygens (including phenoxy) is 1. The van der Waals surface area contributed by atoms with Crippen LogP contribution < -0.4 is 0 Å². The van der Waals surface area contributed by atoms with E-state index in [2.05, 4.69) is 4.98 Å². The number of fused-ring (bicyclic) bond motifs is 2. The summed E-state index contributed by atoms with van der Waals surface area (Å²) in [7, 11) is 0. The van der Waals surface area contributed by atoms with Gasteiger partial charge in [0.05, 0.1) is 17.8 Å². The molecule has 3 nitrogen and oxygen atoms in total. The predicted molar refractivity (Wildman–Crippen MR) is 64.7 cm³/mol. The number of nitrogens with zero attached hydrogens (tertiary/aromatic N) is 1. The second kappa shape index (κ2) is 3.79. The van der Waals surface area contributed by atoms with Crippen molar-refractivity contribution in [2.75, 3.05) is 0 Å². The molecule has 0 radical (unpaired) electrons. The van der Waals surface area contributed by atoms with E-state index in [9.17, 15) is 5.11 Å². The second-order valence-corrected chi connectivity index (χ2v) is 5.48. The van der Waals surface area contributed by atoms with Crippen molar-refractivity contribution in [3.05, 3.63) is 29.1 Å². The highest BCUT2D eigenvalue weighted by atomic mass is 16.5. The lowest BCUT2D eigenvalue weighted by atomic mass is 9.82. The highest BCUT2D eigenvalue weighted by Crippen LogP contribution is 2.44. The minimum atomic E-state index is -0.727. The standard InChI is InChI=1S/C14H19NO2/c1-9-3-6-13(10(2)15-9)14(16)7-11-4-5-12(8-14)17-11/h3,6,11-12,16H,4-5,7-8H2,1-2H3. The molecule has 92 valence electrons. The lowest BCUT2D eigenvalue weighted by Gasteiger charge is -2.37. The van der Waals surface area contributed by atoms with Crippen molar-refractivity contribution in [1.82, 2.24) is 4.98 Å². The average molecular weight is 233 g/mol. The number of rotatable bonds is 1. The van der Waals surface area contributed by atoms with E-state index in [0.29, 0.717) is 0 Å². The molecule has 1 aromatic rings. The lowest BCUT2D eigenvalue weighted by molar-refractivity contribution is -0.116. The summed E-state index contributed by atoms with van der Waals surface area (Å²) in [6.45, 7) is 3.96. The van der Waals surface area contributed by atoms with Crippen LogP contribution in [0.4, 0.5) is 0 Å². The maximum atomic E-state index is 10.9. The van der Waals surface area contributed by atoms with Gasteiger partial charge >= 0.3 is 0 Å². The SMILES string of the molecule is Cc1ccc(C2(O)CC3CCC(C2)O3)c(C)n1. The molecule has 2 unspecified atom stereocenters. The summed E-state index contributed by atoms with van der Waals surface area (Å²) in [4.78, 5) is 4.46. The summed E-state index contributed by atoms with van der Waals surface area (Å²) in [5.74, 6) is 0. The molecule has 0 amide bonds. The lowest BCUT2D eigenvalue weighted by Crippen LogP contribution is -2.39. The zero-order valence-corrected chi connectivity index (χ0v) is 10.4. The third kappa shape index (κ3) is 1.87. The van der Waals surface area contributed by atoms with Crippen LogP contribution in [0, 0.1) is 13.8 Å². The molecule has 3 heteroatoms. The average Bonchev–Trinajstić information content (AvgIpc) is 2.58. The van der Waals surface area contributed by atoms with E-state index in [1.54, 1.807) is 0 Å². The zero-order valence-electron chi connectivity index (χ0n) is 10.4. The van der Waals surface area contributed by atoms with Gasteiger partial charge in [-0.15, -0.1) is 0 Å². The van der Waals surface area contributed by atoms with Crippen LogP contribution in [0.15, 0.2) is 12.1 Å². The van der Waals surface area contributed by atoms with E-state index < -0.39 is 5.60 Å². The highest BCUT2D eigenvalue weighted by molar-refractivity contribution is 5.29. The fraction of sp³-hybridized carbons (Fsp3) is 0.643. The van der Waals surface area contributed by atoms with E-state index >= 15 is 0 Å². The first kappa shape index (κ1) is 11.2. The maximum absolute atomic E-state index is 10.9. The Balaban J connectivity index is 1.97. The molecule has 2 aliphatic rings. The Bertz CT molecular complexity index is 432. The highest BCUT2D eigenvalue weighted by Gasteiger charge is 2.45. The molecular formula is C14H19NO2. The molecule has 2 fully saturated rings. The molecule has 3 rings (SSSR count). The molecule has 0 aliphatic carbocycles. The summed E-state index contributed by atoms with van der Waals surface area (Å²) < 4.78 is 5.80. The number of aromatic nitrogens is 1. The smallest absolute Gasteiger partial charge is 0.0963 e. The molecule has 2 saturated heterocycles. The first-order valence-electron chi connectivity index (χ1n) is 6.39. The first-order chi connectivity index (χ1) is 8.07. The molecule has 1 N–H and O–H groups in total. The zero-order chi connectivity index (χ0) is 12.0. The number of hydrogen-bond acceptors (Lipinski definition) is 3. The summed E-state index contributed by atoms with van der Waals surface area (Å²) in [5.41, 5.74) is 2.22. The fourth-order valence-corrected chi connectivity index (χ4v) is 3.32. The molecule has 2 atom stereocenters. The van der Waals surface area contributed by atoms with E-state index in [1.165, 1.54) is 0 Å². The van der Waals surface area contributed by atoms with Crippen LogP contribution in [0.1, 0.15) is 42.6 Å². The predicted octanol–water partition coefficient (Wildman–Crippen LogP) is 2.23. The summed E-state index contributed by atoms with van der Waals surface area (Å²) in [6.07, 6.45) is 4.08. The molecule has 0 saturated carbocycles. The van der Waals surface area contributed by atoms with Crippen LogP contribution in [0.3, 0.4) is 0 Å². The normalized spacial score (nSPS) is 36.2. The molecule has 2 aliphatic heterocycles. The Hall–Kier alpha value is -0.930. The van der Waals surface area contributed by atoms with Crippen LogP contribution in [0.2, 0.25) is 0 Å². The molecule has 0 aromatic carbocycles. The quantitative estimate of drug-likeness (QED) is 0.808. The molecule has 2 bridgehead atoms. The van der Waals surface area contributed by atoms with Crippen molar-refractivity contribution < 1.29 is 9.84 Å². The van der Waals surface area contributed by atoms with Gasteiger partial charge in [-0.05, 0) is 32.8 Å². The van der Waals surface area contributed by atoms with E-state index in [-0.39, 0.29) is 12.2 Å². The Labute approximate surface area is 102 Å². The summed E-state index contributed by atoms with van der Waals surface area (Å²) in [5, 5.41) is 10.9. The Morgan fingerprint density at radius 3 is 2.47 bits per heavy atom. The number of hydrogen-bond donors (Lipinski definition) is 1. The van der Waals surface area contributed by atoms with Gasteiger partial charge < -0.3 is 9.84 Å². The summed E-state index contributed by atoms with van der Waals surface area (Å²) >= 11 is 0.